The molecule has 7 nitrogen and oxygen atoms in total. The number of carbonyl (C=O) groups is 4. The van der Waals surface area contributed by atoms with E-state index in [-0.39, 0.29) is 29.0 Å². The number of esters is 1. The highest BCUT2D eigenvalue weighted by Crippen LogP contribution is 2.27. The Balaban J connectivity index is 1.91. The van der Waals surface area contributed by atoms with Crippen molar-refractivity contribution >= 4 is 23.6 Å². The van der Waals surface area contributed by atoms with Crippen molar-refractivity contribution in [2.24, 2.45) is 0 Å². The molecule has 0 aromatic heterocycles. The van der Waals surface area contributed by atoms with Crippen molar-refractivity contribution in [2.45, 2.75) is 19.4 Å². The van der Waals surface area contributed by atoms with Crippen molar-refractivity contribution in [3.63, 3.8) is 0 Å². The fourth-order valence-corrected chi connectivity index (χ4v) is 2.72. The van der Waals surface area contributed by atoms with Crippen LogP contribution in [0.3, 0.4) is 0 Å². The number of imide groups is 1. The summed E-state index contributed by atoms with van der Waals surface area (Å²) in [7, 11) is 1.14. The fraction of sp³-hybridized carbons (Fsp3) is 0.222. The number of hydrogen-bond donors (Lipinski definition) is 0. The zero-order valence-corrected chi connectivity index (χ0v) is 13.6. The number of nitrogens with zero attached hydrogens (tertiary/aromatic N) is 1. The van der Waals surface area contributed by atoms with E-state index in [4.69, 9.17) is 4.74 Å². The van der Waals surface area contributed by atoms with Crippen LogP contribution in [0.5, 0.6) is 0 Å². The maximum Gasteiger partial charge on any atom is 0.358 e. The van der Waals surface area contributed by atoms with Crippen LogP contribution in [0.4, 0.5) is 0 Å². The summed E-state index contributed by atoms with van der Waals surface area (Å²) < 4.78 is 10.1. The maximum absolute atomic E-state index is 12.5. The van der Waals surface area contributed by atoms with E-state index < -0.39 is 23.9 Å². The molecule has 0 saturated heterocycles. The maximum atomic E-state index is 12.5. The molecule has 1 aromatic rings. The normalized spacial score (nSPS) is 19.8. The number of allylic oxidation sites excluding steroid dienone is 1. The van der Waals surface area contributed by atoms with Gasteiger partial charge in [-0.2, -0.15) is 0 Å². The van der Waals surface area contributed by atoms with Gasteiger partial charge in [-0.1, -0.05) is 12.1 Å². The molecule has 2 amide bonds. The highest BCUT2D eigenvalue weighted by molar-refractivity contribution is 6.24. The molecule has 1 aliphatic carbocycles. The Morgan fingerprint density at radius 1 is 1.16 bits per heavy atom. The molecule has 0 radical (unpaired) electrons. The molecule has 128 valence electrons. The average molecular weight is 341 g/mol. The SMILES string of the molecule is COC(=O)/C(=C/OC1C=C(C)C(=O)C1)N1C(=O)c2ccccc2C1=O. The van der Waals surface area contributed by atoms with Crippen LogP contribution in [0.2, 0.25) is 0 Å². The van der Waals surface area contributed by atoms with Gasteiger partial charge in [-0.3, -0.25) is 14.4 Å². The molecule has 1 aromatic carbocycles. The summed E-state index contributed by atoms with van der Waals surface area (Å²) in [5.74, 6) is -2.21. The van der Waals surface area contributed by atoms with Gasteiger partial charge in [-0.05, 0) is 30.7 Å². The monoisotopic (exact) mass is 341 g/mol. The molecule has 2 aliphatic rings. The molecular weight excluding hydrogens is 326 g/mol. The van der Waals surface area contributed by atoms with Gasteiger partial charge in [0.25, 0.3) is 11.8 Å². The number of hydrogen-bond acceptors (Lipinski definition) is 6. The molecule has 1 heterocycles. The highest BCUT2D eigenvalue weighted by Gasteiger charge is 2.40. The first-order valence-electron chi connectivity index (χ1n) is 7.57. The minimum absolute atomic E-state index is 0.0567. The molecule has 25 heavy (non-hydrogen) atoms. The van der Waals surface area contributed by atoms with Crippen molar-refractivity contribution in [3.05, 3.63) is 59.0 Å². The summed E-state index contributed by atoms with van der Waals surface area (Å²) in [6, 6.07) is 6.27. The molecule has 1 unspecified atom stereocenters. The minimum Gasteiger partial charge on any atom is -0.491 e. The van der Waals surface area contributed by atoms with E-state index in [1.54, 1.807) is 25.1 Å². The molecule has 7 heteroatoms. The van der Waals surface area contributed by atoms with Crippen LogP contribution in [-0.4, -0.2) is 41.7 Å². The number of methoxy groups -OCH3 is 1. The second kappa shape index (κ2) is 6.35. The van der Waals surface area contributed by atoms with Crippen molar-refractivity contribution in [3.8, 4) is 0 Å². The molecular formula is C18H15NO6. The summed E-state index contributed by atoms with van der Waals surface area (Å²) in [4.78, 5) is 49.4. The standard InChI is InChI=1S/C18H15NO6/c1-10-7-11(8-15(10)20)25-9-14(18(23)24-2)19-16(21)12-5-3-4-6-13(12)17(19)22/h3-7,9,11H,8H2,1-2H3/b14-9-. The van der Waals surface area contributed by atoms with Gasteiger partial charge < -0.3 is 9.47 Å². The molecule has 0 saturated carbocycles. The topological polar surface area (TPSA) is 90.0 Å². The van der Waals surface area contributed by atoms with E-state index >= 15 is 0 Å². The van der Waals surface area contributed by atoms with Gasteiger partial charge in [0.05, 0.1) is 24.7 Å². The Morgan fingerprint density at radius 3 is 2.24 bits per heavy atom. The zero-order chi connectivity index (χ0) is 18.1. The van der Waals surface area contributed by atoms with Crippen LogP contribution in [0.1, 0.15) is 34.1 Å². The van der Waals surface area contributed by atoms with Gasteiger partial charge >= 0.3 is 5.97 Å². The number of fused-ring (bicyclic) bond motifs is 1. The van der Waals surface area contributed by atoms with E-state index in [1.165, 1.54) is 12.1 Å². The van der Waals surface area contributed by atoms with Crippen LogP contribution in [0.15, 0.2) is 47.9 Å². The third-order valence-corrected chi connectivity index (χ3v) is 4.05. The Kier molecular flexibility index (Phi) is 4.22. The Bertz CT molecular complexity index is 816. The van der Waals surface area contributed by atoms with Crippen LogP contribution < -0.4 is 0 Å². The lowest BCUT2D eigenvalue weighted by molar-refractivity contribution is -0.137. The average Bonchev–Trinajstić information content (AvgIpc) is 3.06. The second-order valence-electron chi connectivity index (χ2n) is 5.64. The molecule has 0 spiro atoms. The van der Waals surface area contributed by atoms with E-state index in [9.17, 15) is 19.2 Å². The van der Waals surface area contributed by atoms with Gasteiger partial charge in [-0.15, -0.1) is 0 Å². The van der Waals surface area contributed by atoms with Crippen molar-refractivity contribution < 1.29 is 28.7 Å². The van der Waals surface area contributed by atoms with E-state index in [1.807, 2.05) is 0 Å². The first kappa shape index (κ1) is 16.6. The first-order valence-corrected chi connectivity index (χ1v) is 7.57. The van der Waals surface area contributed by atoms with Crippen LogP contribution in [0.25, 0.3) is 0 Å². The summed E-state index contributed by atoms with van der Waals surface area (Å²) in [5.41, 5.74) is 0.640. The highest BCUT2D eigenvalue weighted by atomic mass is 16.5. The van der Waals surface area contributed by atoms with Gasteiger partial charge in [0.1, 0.15) is 12.4 Å². The number of ether oxygens (including phenoxy) is 2. The first-order chi connectivity index (χ1) is 11.9. The molecule has 0 N–H and O–H groups in total. The summed E-state index contributed by atoms with van der Waals surface area (Å²) in [5, 5.41) is 0. The minimum atomic E-state index is -0.889. The lowest BCUT2D eigenvalue weighted by Crippen LogP contribution is -2.33. The zero-order valence-electron chi connectivity index (χ0n) is 13.6. The van der Waals surface area contributed by atoms with Gasteiger partial charge in [-0.25, -0.2) is 9.69 Å². The van der Waals surface area contributed by atoms with Crippen LogP contribution >= 0.6 is 0 Å². The van der Waals surface area contributed by atoms with Crippen LogP contribution in [-0.2, 0) is 19.1 Å². The van der Waals surface area contributed by atoms with Crippen molar-refractivity contribution in [2.75, 3.05) is 7.11 Å². The van der Waals surface area contributed by atoms with Gasteiger partial charge in [0, 0.05) is 0 Å². The third kappa shape index (κ3) is 2.84. The second-order valence-corrected chi connectivity index (χ2v) is 5.64. The quantitative estimate of drug-likeness (QED) is 0.358. The van der Waals surface area contributed by atoms with E-state index in [2.05, 4.69) is 4.74 Å². The largest absolute Gasteiger partial charge is 0.491 e. The summed E-state index contributed by atoms with van der Waals surface area (Å²) in [6.07, 6.45) is 2.21. The molecule has 1 atom stereocenters. The van der Waals surface area contributed by atoms with Gasteiger partial charge in [0.15, 0.2) is 11.5 Å². The molecule has 3 rings (SSSR count). The number of benzene rings is 1. The van der Waals surface area contributed by atoms with E-state index in [0.717, 1.165) is 18.3 Å². The smallest absolute Gasteiger partial charge is 0.358 e. The predicted octanol–water partition coefficient (Wildman–Crippen LogP) is 1.60. The van der Waals surface area contributed by atoms with Crippen LogP contribution in [0, 0.1) is 0 Å². The predicted molar refractivity (Wildman–Crippen MR) is 85.3 cm³/mol. The van der Waals surface area contributed by atoms with Crippen molar-refractivity contribution in [1.82, 2.24) is 4.90 Å². The Labute approximate surface area is 143 Å². The van der Waals surface area contributed by atoms with Gasteiger partial charge in [0.2, 0.25) is 0 Å². The van der Waals surface area contributed by atoms with E-state index in [0.29, 0.717) is 5.57 Å². The molecule has 0 fully saturated rings. The summed E-state index contributed by atoms with van der Waals surface area (Å²) >= 11 is 0. The van der Waals surface area contributed by atoms with Crippen molar-refractivity contribution in [1.29, 1.82) is 0 Å². The molecule has 0 bridgehead atoms. The number of rotatable bonds is 4. The number of carbonyl (C=O) groups excluding carboxylic acids is 4. The lowest BCUT2D eigenvalue weighted by Gasteiger charge is -2.17. The molecule has 1 aliphatic heterocycles. The number of Topliss-reactive ketones (excluding diaryl/α,β-unsaturated/α-hetero) is 1. The number of amides is 2. The Morgan fingerprint density at radius 2 is 1.76 bits per heavy atom. The Hall–Kier alpha value is -3.22. The number of ketones is 1. The summed E-state index contributed by atoms with van der Waals surface area (Å²) in [6.45, 7) is 1.67. The lowest BCUT2D eigenvalue weighted by atomic mass is 10.1. The fourth-order valence-electron chi connectivity index (χ4n) is 2.72. The third-order valence-electron chi connectivity index (χ3n) is 4.05.